The quantitative estimate of drug-likeness (QED) is 0.772. The zero-order chi connectivity index (χ0) is 19.6. The Balaban J connectivity index is 2.27. The highest BCUT2D eigenvalue weighted by atomic mass is 35.5. The van der Waals surface area contributed by atoms with Crippen LogP contribution in [-0.2, 0) is 14.3 Å². The van der Waals surface area contributed by atoms with Crippen LogP contribution in [0, 0.1) is 11.3 Å². The van der Waals surface area contributed by atoms with E-state index >= 15 is 0 Å². The van der Waals surface area contributed by atoms with E-state index in [1.165, 1.54) is 0 Å². The van der Waals surface area contributed by atoms with Crippen molar-refractivity contribution in [3.63, 3.8) is 0 Å². The molecule has 2 aromatic rings. The molecule has 27 heavy (non-hydrogen) atoms. The van der Waals surface area contributed by atoms with Gasteiger partial charge in [-0.1, -0.05) is 59.6 Å². The van der Waals surface area contributed by atoms with Crippen molar-refractivity contribution >= 4 is 34.9 Å². The molecule has 0 radical (unpaired) electrons. The molecule has 0 bridgehead atoms. The van der Waals surface area contributed by atoms with Crippen molar-refractivity contribution in [3.05, 3.63) is 75.3 Å². The lowest BCUT2D eigenvalue weighted by molar-refractivity contribution is -0.210. The zero-order valence-electron chi connectivity index (χ0n) is 14.3. The number of hydrogen-bond acceptors (Lipinski definition) is 5. The molecule has 1 N–H and O–H groups in total. The molecule has 1 aliphatic rings. The first-order valence-corrected chi connectivity index (χ1v) is 8.80. The molecule has 0 fully saturated rings. The number of methoxy groups -OCH3 is 1. The topological polar surface area (TPSA) is 79.5 Å². The predicted octanol–water partition coefficient (Wildman–Crippen LogP) is 4.29. The van der Waals surface area contributed by atoms with Crippen LogP contribution in [0.15, 0.2) is 54.1 Å². The predicted molar refractivity (Wildman–Crippen MR) is 101 cm³/mol. The number of rotatable bonds is 3. The summed E-state index contributed by atoms with van der Waals surface area (Å²) in [4.78, 5) is 12.2. The van der Waals surface area contributed by atoms with Crippen LogP contribution in [0.2, 0.25) is 10.0 Å². The van der Waals surface area contributed by atoms with Crippen LogP contribution in [0.3, 0.4) is 0 Å². The van der Waals surface area contributed by atoms with Gasteiger partial charge in [0.05, 0.1) is 18.8 Å². The maximum Gasteiger partial charge on any atom is 0.379 e. The Morgan fingerprint density at radius 2 is 1.85 bits per heavy atom. The summed E-state index contributed by atoms with van der Waals surface area (Å²) in [5, 5.41) is 21.3. The van der Waals surface area contributed by atoms with Crippen LogP contribution in [0.5, 0.6) is 0 Å². The van der Waals surface area contributed by atoms with Crippen molar-refractivity contribution in [2.24, 2.45) is 0 Å². The van der Waals surface area contributed by atoms with E-state index in [0.29, 0.717) is 21.2 Å². The number of nitriles is 1. The molecule has 1 heterocycles. The lowest BCUT2D eigenvalue weighted by Gasteiger charge is -2.36. The van der Waals surface area contributed by atoms with Gasteiger partial charge in [0, 0.05) is 27.9 Å². The smallest absolute Gasteiger partial charge is 0.379 e. The Labute approximate surface area is 166 Å². The number of carbonyl (C=O) groups excluding carboxylic acids is 1. The number of nitrogens with zero attached hydrogens (tertiary/aromatic N) is 1. The Morgan fingerprint density at radius 3 is 2.41 bits per heavy atom. The fourth-order valence-electron chi connectivity index (χ4n) is 3.11. The second kappa shape index (κ2) is 7.61. The van der Waals surface area contributed by atoms with E-state index in [1.54, 1.807) is 48.5 Å². The van der Waals surface area contributed by atoms with Crippen molar-refractivity contribution in [1.29, 1.82) is 5.26 Å². The third-order valence-corrected chi connectivity index (χ3v) is 5.01. The van der Waals surface area contributed by atoms with Crippen LogP contribution in [0.4, 0.5) is 0 Å². The minimum absolute atomic E-state index is 0.0817. The molecule has 0 saturated heterocycles. The zero-order valence-corrected chi connectivity index (χ0v) is 15.8. The van der Waals surface area contributed by atoms with Crippen molar-refractivity contribution < 1.29 is 19.4 Å². The van der Waals surface area contributed by atoms with E-state index in [2.05, 4.69) is 6.07 Å². The Hall–Kier alpha value is -2.52. The molecule has 2 aromatic carbocycles. The van der Waals surface area contributed by atoms with Gasteiger partial charge in [0.2, 0.25) is 0 Å². The van der Waals surface area contributed by atoms with Gasteiger partial charge in [-0.05, 0) is 17.7 Å². The number of esters is 1. The van der Waals surface area contributed by atoms with Crippen LogP contribution in [-0.4, -0.2) is 24.0 Å². The number of ether oxygens (including phenoxy) is 2. The summed E-state index contributed by atoms with van der Waals surface area (Å²) in [6.07, 6.45) is -0.262. The maximum atomic E-state index is 12.2. The van der Waals surface area contributed by atoms with E-state index in [-0.39, 0.29) is 17.8 Å². The lowest BCUT2D eigenvalue weighted by atomic mass is 9.81. The normalized spacial score (nSPS) is 22.0. The summed E-state index contributed by atoms with van der Waals surface area (Å²) >= 11 is 12.7. The molecule has 0 saturated carbocycles. The SMILES string of the molecule is COC(=O)[C@]1(O)C[C@@H](c2c(Cl)cccc2Cl)C(C#N)=C(c2ccccc2)O1. The minimum atomic E-state index is -2.28. The van der Waals surface area contributed by atoms with Gasteiger partial charge >= 0.3 is 11.8 Å². The molecular weight excluding hydrogens is 389 g/mol. The first-order valence-electron chi connectivity index (χ1n) is 8.04. The number of hydrogen-bond donors (Lipinski definition) is 1. The van der Waals surface area contributed by atoms with Gasteiger partial charge in [-0.2, -0.15) is 5.26 Å². The van der Waals surface area contributed by atoms with E-state index in [0.717, 1.165) is 7.11 Å². The minimum Gasteiger partial charge on any atom is -0.464 e. The van der Waals surface area contributed by atoms with Gasteiger partial charge in [-0.25, -0.2) is 4.79 Å². The molecule has 0 spiro atoms. The molecule has 0 aliphatic carbocycles. The van der Waals surface area contributed by atoms with Gasteiger partial charge in [0.15, 0.2) is 0 Å². The average Bonchev–Trinajstić information content (AvgIpc) is 2.67. The fourth-order valence-corrected chi connectivity index (χ4v) is 3.77. The second-order valence-electron chi connectivity index (χ2n) is 5.99. The maximum absolute atomic E-state index is 12.2. The fraction of sp³-hybridized carbons (Fsp3) is 0.200. The molecular formula is C20H15Cl2NO4. The second-order valence-corrected chi connectivity index (χ2v) is 6.81. The van der Waals surface area contributed by atoms with Crippen molar-refractivity contribution in [1.82, 2.24) is 0 Å². The molecule has 0 aromatic heterocycles. The van der Waals surface area contributed by atoms with Crippen molar-refractivity contribution in [2.45, 2.75) is 18.1 Å². The van der Waals surface area contributed by atoms with Crippen LogP contribution in [0.1, 0.15) is 23.5 Å². The van der Waals surface area contributed by atoms with Gasteiger partial charge in [-0.15, -0.1) is 0 Å². The molecule has 0 unspecified atom stereocenters. The number of allylic oxidation sites excluding steroid dienone is 1. The number of aliphatic hydroxyl groups is 1. The number of carbonyl (C=O) groups is 1. The monoisotopic (exact) mass is 403 g/mol. The summed E-state index contributed by atoms with van der Waals surface area (Å²) in [7, 11) is 1.15. The van der Waals surface area contributed by atoms with Crippen LogP contribution >= 0.6 is 23.2 Å². The van der Waals surface area contributed by atoms with Gasteiger partial charge in [-0.3, -0.25) is 0 Å². The standard InChI is InChI=1S/C20H15Cl2NO4/c1-26-19(24)20(25)10-13(17-15(21)8-5-9-16(17)22)14(11-23)18(27-20)12-6-3-2-4-7-12/h2-9,13,25H,10H2,1H3/t13-,20+/m1/s1. The Kier molecular flexibility index (Phi) is 5.43. The molecule has 7 heteroatoms. The summed E-state index contributed by atoms with van der Waals surface area (Å²) in [5.41, 5.74) is 1.19. The van der Waals surface area contributed by atoms with Crippen LogP contribution in [0.25, 0.3) is 5.76 Å². The van der Waals surface area contributed by atoms with Gasteiger partial charge in [0.1, 0.15) is 5.76 Å². The molecule has 138 valence electrons. The Morgan fingerprint density at radius 1 is 1.22 bits per heavy atom. The molecule has 2 atom stereocenters. The largest absolute Gasteiger partial charge is 0.464 e. The van der Waals surface area contributed by atoms with Gasteiger partial charge < -0.3 is 14.6 Å². The van der Waals surface area contributed by atoms with E-state index in [9.17, 15) is 15.2 Å². The summed E-state index contributed by atoms with van der Waals surface area (Å²) < 4.78 is 10.3. The molecule has 3 rings (SSSR count). The first kappa shape index (κ1) is 19.2. The molecule has 1 aliphatic heterocycles. The summed E-state index contributed by atoms with van der Waals surface area (Å²) in [6.45, 7) is 0. The summed E-state index contributed by atoms with van der Waals surface area (Å²) in [6, 6.07) is 15.8. The Bertz CT molecular complexity index is 932. The molecule has 5 nitrogen and oxygen atoms in total. The van der Waals surface area contributed by atoms with Gasteiger partial charge in [0.25, 0.3) is 0 Å². The van der Waals surface area contributed by atoms with Crippen molar-refractivity contribution in [3.8, 4) is 6.07 Å². The first-order chi connectivity index (χ1) is 12.9. The summed E-state index contributed by atoms with van der Waals surface area (Å²) in [5.74, 6) is -3.93. The number of benzene rings is 2. The van der Waals surface area contributed by atoms with Crippen LogP contribution < -0.4 is 0 Å². The number of halogens is 2. The van der Waals surface area contributed by atoms with E-state index in [1.807, 2.05) is 0 Å². The van der Waals surface area contributed by atoms with Crippen molar-refractivity contribution in [2.75, 3.05) is 7.11 Å². The van der Waals surface area contributed by atoms with E-state index < -0.39 is 17.7 Å². The highest BCUT2D eigenvalue weighted by Gasteiger charge is 2.49. The van der Waals surface area contributed by atoms with E-state index in [4.69, 9.17) is 32.7 Å². The highest BCUT2D eigenvalue weighted by molar-refractivity contribution is 6.36. The third-order valence-electron chi connectivity index (χ3n) is 4.35. The average molecular weight is 404 g/mol. The third kappa shape index (κ3) is 3.52. The molecule has 0 amide bonds. The lowest BCUT2D eigenvalue weighted by Crippen LogP contribution is -2.46. The highest BCUT2D eigenvalue weighted by Crippen LogP contribution is 2.47.